The number of rotatable bonds is 3. The first-order valence-corrected chi connectivity index (χ1v) is 17.4. The molecule has 2 aromatic heterocycles. The van der Waals surface area contributed by atoms with Crippen molar-refractivity contribution in [2.45, 2.75) is 0 Å². The highest BCUT2D eigenvalue weighted by Gasteiger charge is 2.19. The van der Waals surface area contributed by atoms with Gasteiger partial charge in [-0.25, -0.2) is 0 Å². The van der Waals surface area contributed by atoms with Crippen LogP contribution in [0.3, 0.4) is 0 Å². The molecule has 0 spiro atoms. The molecule has 0 saturated heterocycles. The van der Waals surface area contributed by atoms with Gasteiger partial charge in [0.25, 0.3) is 0 Å². The van der Waals surface area contributed by atoms with Crippen molar-refractivity contribution in [1.82, 2.24) is 0 Å². The van der Waals surface area contributed by atoms with E-state index < -0.39 is 0 Å². The molecule has 0 amide bonds. The Morgan fingerprint density at radius 2 is 0.978 bits per heavy atom. The third kappa shape index (κ3) is 3.84. The molecule has 0 bridgehead atoms. The van der Waals surface area contributed by atoms with E-state index in [0.717, 1.165) is 0 Å². The highest BCUT2D eigenvalue weighted by Crippen LogP contribution is 2.48. The molecule has 0 radical (unpaired) electrons. The van der Waals surface area contributed by atoms with E-state index in [1.54, 1.807) is 0 Å². The Labute approximate surface area is 274 Å². The van der Waals surface area contributed by atoms with Crippen LogP contribution in [0.5, 0.6) is 0 Å². The first-order chi connectivity index (χ1) is 22.8. The third-order valence-corrected chi connectivity index (χ3v) is 11.7. The SMILES string of the molecule is c1ccc(-c2c3ccccc3c(-c3ccc4c(c3)sc3c4ccc4scc(-c5ccc6ccccc6c5)c43)c3ccccc23)cc1. The lowest BCUT2D eigenvalue weighted by Gasteiger charge is -2.17. The summed E-state index contributed by atoms with van der Waals surface area (Å²) in [7, 11) is 0. The van der Waals surface area contributed by atoms with Crippen molar-refractivity contribution in [2.75, 3.05) is 0 Å². The lowest BCUT2D eigenvalue weighted by Crippen LogP contribution is -1.90. The molecule has 0 fully saturated rings. The molecular weight excluding hydrogens is 593 g/mol. The Hall–Kier alpha value is -5.28. The van der Waals surface area contributed by atoms with Gasteiger partial charge in [0.05, 0.1) is 0 Å². The molecule has 0 N–H and O–H groups in total. The molecule has 0 atom stereocenters. The molecule has 0 unspecified atom stereocenters. The summed E-state index contributed by atoms with van der Waals surface area (Å²) in [4.78, 5) is 0. The van der Waals surface area contributed by atoms with E-state index in [0.29, 0.717) is 0 Å². The van der Waals surface area contributed by atoms with E-state index in [2.05, 4.69) is 157 Å². The van der Waals surface area contributed by atoms with Gasteiger partial charge >= 0.3 is 0 Å². The van der Waals surface area contributed by atoms with E-state index in [-0.39, 0.29) is 0 Å². The number of hydrogen-bond donors (Lipinski definition) is 0. The predicted molar refractivity (Wildman–Crippen MR) is 204 cm³/mol. The highest BCUT2D eigenvalue weighted by atomic mass is 32.1. The van der Waals surface area contributed by atoms with Crippen molar-refractivity contribution in [1.29, 1.82) is 0 Å². The van der Waals surface area contributed by atoms with Gasteiger partial charge in [0.15, 0.2) is 0 Å². The van der Waals surface area contributed by atoms with Crippen LogP contribution in [-0.2, 0) is 0 Å². The van der Waals surface area contributed by atoms with Crippen molar-refractivity contribution in [2.24, 2.45) is 0 Å². The van der Waals surface area contributed by atoms with Crippen LogP contribution in [0.1, 0.15) is 0 Å². The van der Waals surface area contributed by atoms with E-state index >= 15 is 0 Å². The quantitative estimate of drug-likeness (QED) is 0.173. The third-order valence-electron chi connectivity index (χ3n) is 9.52. The van der Waals surface area contributed by atoms with Gasteiger partial charge < -0.3 is 0 Å². The van der Waals surface area contributed by atoms with Crippen molar-refractivity contribution < 1.29 is 0 Å². The minimum absolute atomic E-state index is 1.25. The number of fused-ring (bicyclic) bond motifs is 8. The summed E-state index contributed by atoms with van der Waals surface area (Å²) in [5.74, 6) is 0. The summed E-state index contributed by atoms with van der Waals surface area (Å²) in [6.07, 6.45) is 0. The van der Waals surface area contributed by atoms with Gasteiger partial charge in [-0.3, -0.25) is 0 Å². The molecule has 0 aliphatic carbocycles. The van der Waals surface area contributed by atoms with Gasteiger partial charge in [0.2, 0.25) is 0 Å². The molecule has 0 nitrogen and oxygen atoms in total. The van der Waals surface area contributed by atoms with E-state index in [1.165, 1.54) is 96.0 Å². The van der Waals surface area contributed by atoms with Crippen LogP contribution in [0.15, 0.2) is 157 Å². The molecule has 2 heteroatoms. The zero-order chi connectivity index (χ0) is 30.2. The van der Waals surface area contributed by atoms with Gasteiger partial charge in [0.1, 0.15) is 0 Å². The molecule has 2 heterocycles. The minimum Gasteiger partial charge on any atom is -0.143 e. The molecule has 0 aliphatic rings. The Balaban J connectivity index is 1.22. The maximum atomic E-state index is 2.43. The average molecular weight is 619 g/mol. The van der Waals surface area contributed by atoms with Crippen LogP contribution in [0, 0.1) is 0 Å². The first kappa shape index (κ1) is 26.0. The molecule has 214 valence electrons. The summed E-state index contributed by atoms with van der Waals surface area (Å²) in [5, 5.41) is 14.1. The number of thiophene rings is 2. The molecule has 46 heavy (non-hydrogen) atoms. The van der Waals surface area contributed by atoms with Gasteiger partial charge in [-0.15, -0.1) is 22.7 Å². The standard InChI is InChI=1S/C44H26S2/c1-2-11-28(12-3-1)41-33-14-6-8-16-35(33)42(36-17-9-7-15-34(36)41)31-20-21-32-37-22-23-39-43(44(37)46-40(32)25-31)38(26-45-39)30-19-18-27-10-4-5-13-29(27)24-30/h1-26H. The van der Waals surface area contributed by atoms with Gasteiger partial charge in [-0.05, 0) is 83.7 Å². The van der Waals surface area contributed by atoms with E-state index in [1.807, 2.05) is 22.7 Å². The van der Waals surface area contributed by atoms with Crippen LogP contribution in [0.25, 0.3) is 96.0 Å². The second-order valence-corrected chi connectivity index (χ2v) is 14.0. The fourth-order valence-corrected chi connectivity index (χ4v) is 9.78. The number of benzene rings is 8. The van der Waals surface area contributed by atoms with Gasteiger partial charge in [-0.2, -0.15) is 0 Å². The number of hydrogen-bond acceptors (Lipinski definition) is 2. The minimum atomic E-state index is 1.25. The highest BCUT2D eigenvalue weighted by molar-refractivity contribution is 7.27. The average Bonchev–Trinajstić information content (AvgIpc) is 3.72. The summed E-state index contributed by atoms with van der Waals surface area (Å²) in [6.45, 7) is 0. The first-order valence-electron chi connectivity index (χ1n) is 15.7. The maximum Gasteiger partial charge on any atom is 0.0448 e. The molecule has 10 aromatic rings. The van der Waals surface area contributed by atoms with Gasteiger partial charge in [0, 0.05) is 35.8 Å². The lowest BCUT2D eigenvalue weighted by atomic mass is 9.86. The van der Waals surface area contributed by atoms with Gasteiger partial charge in [-0.1, -0.05) is 133 Å². The summed E-state index contributed by atoms with van der Waals surface area (Å²) in [6, 6.07) is 56.0. The van der Waals surface area contributed by atoms with Crippen LogP contribution >= 0.6 is 22.7 Å². The normalized spacial score (nSPS) is 11.9. The topological polar surface area (TPSA) is 0 Å². The largest absolute Gasteiger partial charge is 0.143 e. The summed E-state index contributed by atoms with van der Waals surface area (Å²) < 4.78 is 4.05. The van der Waals surface area contributed by atoms with E-state index in [4.69, 9.17) is 0 Å². The molecular formula is C44H26S2. The zero-order valence-electron chi connectivity index (χ0n) is 24.8. The van der Waals surface area contributed by atoms with Crippen LogP contribution in [-0.4, -0.2) is 0 Å². The molecule has 0 aliphatic heterocycles. The van der Waals surface area contributed by atoms with Crippen molar-refractivity contribution in [3.8, 4) is 33.4 Å². The van der Waals surface area contributed by atoms with Crippen LogP contribution in [0.4, 0.5) is 0 Å². The second kappa shape index (κ2) is 10.1. The fourth-order valence-electron chi connectivity index (χ4n) is 7.44. The fraction of sp³-hybridized carbons (Fsp3) is 0. The molecule has 10 rings (SSSR count). The lowest BCUT2D eigenvalue weighted by molar-refractivity contribution is 1.66. The molecule has 0 saturated carbocycles. The van der Waals surface area contributed by atoms with Crippen molar-refractivity contribution >= 4 is 85.2 Å². The van der Waals surface area contributed by atoms with E-state index in [9.17, 15) is 0 Å². The Morgan fingerprint density at radius 3 is 1.72 bits per heavy atom. The maximum absolute atomic E-state index is 2.43. The summed E-state index contributed by atoms with van der Waals surface area (Å²) in [5.41, 5.74) is 7.75. The Kier molecular flexibility index (Phi) is 5.72. The predicted octanol–water partition coefficient (Wildman–Crippen LogP) is 13.7. The second-order valence-electron chi connectivity index (χ2n) is 12.0. The Morgan fingerprint density at radius 1 is 0.370 bits per heavy atom. The molecule has 8 aromatic carbocycles. The van der Waals surface area contributed by atoms with Crippen LogP contribution < -0.4 is 0 Å². The smallest absolute Gasteiger partial charge is 0.0448 e. The van der Waals surface area contributed by atoms with Crippen molar-refractivity contribution in [3.05, 3.63) is 157 Å². The van der Waals surface area contributed by atoms with Crippen molar-refractivity contribution in [3.63, 3.8) is 0 Å². The monoisotopic (exact) mass is 618 g/mol. The summed E-state index contributed by atoms with van der Waals surface area (Å²) >= 11 is 3.78. The zero-order valence-corrected chi connectivity index (χ0v) is 26.5. The Bertz CT molecular complexity index is 2740. The van der Waals surface area contributed by atoms with Crippen LogP contribution in [0.2, 0.25) is 0 Å².